The van der Waals surface area contributed by atoms with Crippen LogP contribution in [0.1, 0.15) is 33.1 Å². The highest BCUT2D eigenvalue weighted by atomic mass is 16.5. The summed E-state index contributed by atoms with van der Waals surface area (Å²) in [5.41, 5.74) is 0.723. The van der Waals surface area contributed by atoms with Crippen LogP contribution in [0.4, 0.5) is 10.5 Å². The zero-order valence-electron chi connectivity index (χ0n) is 12.7. The van der Waals surface area contributed by atoms with Gasteiger partial charge in [0.15, 0.2) is 0 Å². The molecule has 0 radical (unpaired) electrons. The monoisotopic (exact) mass is 292 g/mol. The summed E-state index contributed by atoms with van der Waals surface area (Å²) in [6, 6.07) is 7.38. The average molecular weight is 292 g/mol. The Balaban J connectivity index is 1.83. The van der Waals surface area contributed by atoms with Gasteiger partial charge in [0.1, 0.15) is 12.4 Å². The molecule has 2 rings (SSSR count). The fraction of sp³-hybridized carbons (Fsp3) is 0.562. The van der Waals surface area contributed by atoms with E-state index >= 15 is 0 Å². The number of carbonyl (C=O) groups is 1. The lowest BCUT2D eigenvalue weighted by Gasteiger charge is -2.14. The van der Waals surface area contributed by atoms with Gasteiger partial charge in [-0.1, -0.05) is 13.0 Å². The van der Waals surface area contributed by atoms with Gasteiger partial charge in [-0.15, -0.1) is 0 Å². The molecular formula is C16H24N2O3. The molecule has 5 heteroatoms. The molecule has 0 saturated carbocycles. The minimum Gasteiger partial charge on any atom is -0.491 e. The topological polar surface area (TPSA) is 59.6 Å². The summed E-state index contributed by atoms with van der Waals surface area (Å²) in [5.74, 6) is 0.742. The molecule has 0 bridgehead atoms. The minimum absolute atomic E-state index is 0.156. The van der Waals surface area contributed by atoms with E-state index in [9.17, 15) is 4.79 Å². The highest BCUT2D eigenvalue weighted by Gasteiger charge is 2.16. The molecule has 1 saturated heterocycles. The van der Waals surface area contributed by atoms with Gasteiger partial charge < -0.3 is 20.1 Å². The van der Waals surface area contributed by atoms with Crippen molar-refractivity contribution >= 4 is 11.7 Å². The normalized spacial score (nSPS) is 19.0. The van der Waals surface area contributed by atoms with Crippen molar-refractivity contribution in [3.63, 3.8) is 0 Å². The Kier molecular flexibility index (Phi) is 5.87. The predicted octanol–water partition coefficient (Wildman–Crippen LogP) is 3.16. The van der Waals surface area contributed by atoms with Crippen LogP contribution in [0.25, 0.3) is 0 Å². The van der Waals surface area contributed by atoms with Gasteiger partial charge in [0, 0.05) is 24.4 Å². The number of hydrogen-bond donors (Lipinski definition) is 2. The van der Waals surface area contributed by atoms with Crippen LogP contribution in [0.2, 0.25) is 0 Å². The van der Waals surface area contributed by atoms with E-state index in [0.717, 1.165) is 37.3 Å². The summed E-state index contributed by atoms with van der Waals surface area (Å²) >= 11 is 0. The number of ether oxygens (including phenoxy) is 2. The highest BCUT2D eigenvalue weighted by molar-refractivity contribution is 5.89. The van der Waals surface area contributed by atoms with Crippen molar-refractivity contribution in [1.82, 2.24) is 5.32 Å². The third kappa shape index (κ3) is 5.27. The van der Waals surface area contributed by atoms with Crippen LogP contribution >= 0.6 is 0 Å². The van der Waals surface area contributed by atoms with Gasteiger partial charge in [0.05, 0.1) is 6.10 Å². The molecule has 1 aliphatic heterocycles. The van der Waals surface area contributed by atoms with E-state index in [2.05, 4.69) is 10.6 Å². The van der Waals surface area contributed by atoms with Crippen molar-refractivity contribution in [3.8, 4) is 5.75 Å². The van der Waals surface area contributed by atoms with Gasteiger partial charge in [0.25, 0.3) is 0 Å². The van der Waals surface area contributed by atoms with Gasteiger partial charge in [-0.25, -0.2) is 4.79 Å². The van der Waals surface area contributed by atoms with Gasteiger partial charge in [-0.3, -0.25) is 0 Å². The van der Waals surface area contributed by atoms with Gasteiger partial charge >= 0.3 is 6.03 Å². The molecule has 0 spiro atoms. The van der Waals surface area contributed by atoms with Gasteiger partial charge in [0.2, 0.25) is 0 Å². The molecule has 1 aromatic carbocycles. The molecule has 1 aromatic rings. The van der Waals surface area contributed by atoms with Gasteiger partial charge in [-0.2, -0.15) is 0 Å². The Bertz CT molecular complexity index is 459. The van der Waals surface area contributed by atoms with E-state index in [4.69, 9.17) is 9.47 Å². The summed E-state index contributed by atoms with van der Waals surface area (Å²) in [6.45, 7) is 5.39. The third-order valence-corrected chi connectivity index (χ3v) is 3.54. The lowest BCUT2D eigenvalue weighted by Crippen LogP contribution is -2.35. The third-order valence-electron chi connectivity index (χ3n) is 3.54. The van der Waals surface area contributed by atoms with E-state index in [1.807, 2.05) is 38.1 Å². The molecule has 2 N–H and O–H groups in total. The molecule has 0 aliphatic carbocycles. The standard InChI is InChI=1S/C16H24N2O3/c1-3-12(2)17-16(19)18-13-6-4-7-14(10-13)21-11-15-8-5-9-20-15/h4,6-7,10,12,15H,3,5,8-9,11H2,1-2H3,(H2,17,18,19). The van der Waals surface area contributed by atoms with Crippen molar-refractivity contribution in [1.29, 1.82) is 0 Å². The Morgan fingerprint density at radius 2 is 2.38 bits per heavy atom. The molecule has 2 atom stereocenters. The number of nitrogens with one attached hydrogen (secondary N) is 2. The second-order valence-corrected chi connectivity index (χ2v) is 5.38. The lowest BCUT2D eigenvalue weighted by atomic mass is 10.2. The zero-order chi connectivity index (χ0) is 15.1. The van der Waals surface area contributed by atoms with Crippen LogP contribution < -0.4 is 15.4 Å². The Labute approximate surface area is 126 Å². The maximum atomic E-state index is 11.8. The molecule has 5 nitrogen and oxygen atoms in total. The Hall–Kier alpha value is -1.75. The van der Waals surface area contributed by atoms with Crippen LogP contribution in [0, 0.1) is 0 Å². The number of benzene rings is 1. The number of hydrogen-bond acceptors (Lipinski definition) is 3. The van der Waals surface area contributed by atoms with Crippen LogP contribution in [0.5, 0.6) is 5.75 Å². The van der Waals surface area contributed by atoms with E-state index in [-0.39, 0.29) is 18.2 Å². The molecule has 1 aliphatic rings. The van der Waals surface area contributed by atoms with E-state index in [1.54, 1.807) is 0 Å². The lowest BCUT2D eigenvalue weighted by molar-refractivity contribution is 0.0680. The first-order chi connectivity index (χ1) is 10.2. The molecule has 0 aromatic heterocycles. The van der Waals surface area contributed by atoms with Crippen molar-refractivity contribution < 1.29 is 14.3 Å². The molecule has 1 heterocycles. The largest absolute Gasteiger partial charge is 0.491 e. The number of urea groups is 1. The van der Waals surface area contributed by atoms with E-state index in [0.29, 0.717) is 6.61 Å². The van der Waals surface area contributed by atoms with Crippen molar-refractivity contribution in [3.05, 3.63) is 24.3 Å². The maximum absolute atomic E-state index is 11.8. The summed E-state index contributed by atoms with van der Waals surface area (Å²) < 4.78 is 11.2. The second kappa shape index (κ2) is 7.88. The first-order valence-corrected chi connectivity index (χ1v) is 7.59. The molecule has 2 unspecified atom stereocenters. The van der Waals surface area contributed by atoms with Crippen LogP contribution in [-0.2, 0) is 4.74 Å². The number of carbonyl (C=O) groups excluding carboxylic acids is 1. The zero-order valence-corrected chi connectivity index (χ0v) is 12.7. The minimum atomic E-state index is -0.194. The van der Waals surface area contributed by atoms with Crippen molar-refractivity contribution in [2.45, 2.75) is 45.3 Å². The first kappa shape index (κ1) is 15.6. The quantitative estimate of drug-likeness (QED) is 0.846. The summed E-state index contributed by atoms with van der Waals surface area (Å²) in [4.78, 5) is 11.8. The average Bonchev–Trinajstić information content (AvgIpc) is 2.98. The maximum Gasteiger partial charge on any atom is 0.319 e. The molecule has 21 heavy (non-hydrogen) atoms. The van der Waals surface area contributed by atoms with Crippen LogP contribution in [-0.4, -0.2) is 31.4 Å². The summed E-state index contributed by atoms with van der Waals surface area (Å²) in [7, 11) is 0. The van der Waals surface area contributed by atoms with E-state index < -0.39 is 0 Å². The summed E-state index contributed by atoms with van der Waals surface area (Å²) in [6.07, 6.45) is 3.24. The van der Waals surface area contributed by atoms with E-state index in [1.165, 1.54) is 0 Å². The number of rotatable bonds is 6. The van der Waals surface area contributed by atoms with Crippen LogP contribution in [0.3, 0.4) is 0 Å². The molecule has 116 valence electrons. The number of anilines is 1. The fourth-order valence-electron chi connectivity index (χ4n) is 2.12. The van der Waals surface area contributed by atoms with Gasteiger partial charge in [-0.05, 0) is 38.3 Å². The van der Waals surface area contributed by atoms with Crippen LogP contribution in [0.15, 0.2) is 24.3 Å². The number of amides is 2. The molecule has 1 fully saturated rings. The van der Waals surface area contributed by atoms with Crippen molar-refractivity contribution in [2.24, 2.45) is 0 Å². The summed E-state index contributed by atoms with van der Waals surface area (Å²) in [5, 5.41) is 5.68. The first-order valence-electron chi connectivity index (χ1n) is 7.59. The SMILES string of the molecule is CCC(C)NC(=O)Nc1cccc(OCC2CCCO2)c1. The smallest absolute Gasteiger partial charge is 0.319 e. The fourth-order valence-corrected chi connectivity index (χ4v) is 2.12. The second-order valence-electron chi connectivity index (χ2n) is 5.38. The Morgan fingerprint density at radius 3 is 3.10 bits per heavy atom. The van der Waals surface area contributed by atoms with Crippen molar-refractivity contribution in [2.75, 3.05) is 18.5 Å². The molecule has 2 amide bonds. The Morgan fingerprint density at radius 1 is 1.52 bits per heavy atom. The highest BCUT2D eigenvalue weighted by Crippen LogP contribution is 2.19. The molecular weight excluding hydrogens is 268 g/mol. The predicted molar refractivity (Wildman–Crippen MR) is 82.8 cm³/mol.